The highest BCUT2D eigenvalue weighted by Gasteiger charge is 2.19. The van der Waals surface area contributed by atoms with Crippen molar-refractivity contribution in [3.63, 3.8) is 0 Å². The van der Waals surface area contributed by atoms with Crippen LogP contribution in [0.15, 0.2) is 18.3 Å². The van der Waals surface area contributed by atoms with Gasteiger partial charge in [-0.2, -0.15) is 8.42 Å². The van der Waals surface area contributed by atoms with Crippen LogP contribution in [0.25, 0.3) is 0 Å². The number of hydrogen-bond acceptors (Lipinski definition) is 5. The van der Waals surface area contributed by atoms with E-state index in [1.807, 2.05) is 0 Å². The molecule has 0 spiro atoms. The molecule has 0 bridgehead atoms. The Bertz CT molecular complexity index is 431. The van der Waals surface area contributed by atoms with Gasteiger partial charge in [0.25, 0.3) is 10.1 Å². The van der Waals surface area contributed by atoms with Gasteiger partial charge in [-0.1, -0.05) is 0 Å². The first-order valence-corrected chi connectivity index (χ1v) is 6.22. The molecule has 16 heavy (non-hydrogen) atoms. The second-order valence-corrected chi connectivity index (χ2v) is 4.75. The van der Waals surface area contributed by atoms with Crippen molar-refractivity contribution in [1.29, 1.82) is 0 Å². The first-order chi connectivity index (χ1) is 7.42. The Labute approximate surface area is 93.3 Å². The third-order valence-corrected chi connectivity index (χ3v) is 2.27. The van der Waals surface area contributed by atoms with Crippen LogP contribution in [-0.4, -0.2) is 33.4 Å². The maximum absolute atomic E-state index is 12.6. The minimum absolute atomic E-state index is 0.0195. The maximum atomic E-state index is 12.6. The lowest BCUT2D eigenvalue weighted by Crippen LogP contribution is -2.16. The predicted octanol–water partition coefficient (Wildman–Crippen LogP) is 0.884. The molecule has 0 saturated heterocycles. The second kappa shape index (κ2) is 5.33. The summed E-state index contributed by atoms with van der Waals surface area (Å²) in [6, 6.07) is 2.53. The fourth-order valence-electron chi connectivity index (χ4n) is 1.10. The van der Waals surface area contributed by atoms with Crippen molar-refractivity contribution in [2.45, 2.75) is 6.10 Å². The molecule has 1 aromatic rings. The Morgan fingerprint density at radius 2 is 2.19 bits per heavy atom. The molecule has 5 nitrogen and oxygen atoms in total. The van der Waals surface area contributed by atoms with E-state index in [2.05, 4.69) is 4.98 Å². The van der Waals surface area contributed by atoms with E-state index < -0.39 is 22.0 Å². The Balaban J connectivity index is 2.89. The van der Waals surface area contributed by atoms with E-state index in [1.165, 1.54) is 19.2 Å². The van der Waals surface area contributed by atoms with E-state index in [-0.39, 0.29) is 6.61 Å². The average Bonchev–Trinajstić information content (AvgIpc) is 2.16. The standard InChI is InChI=1S/C9H12FNO4S/c1-14-6-9(15-16(2,12)13)8-4-3-7(10)5-11-8/h3-5,9H,6H2,1-2H3. The van der Waals surface area contributed by atoms with Crippen LogP contribution in [-0.2, 0) is 19.0 Å². The lowest BCUT2D eigenvalue weighted by Gasteiger charge is -2.14. The Morgan fingerprint density at radius 1 is 1.50 bits per heavy atom. The molecule has 0 aliphatic heterocycles. The molecular formula is C9H12FNO4S. The summed E-state index contributed by atoms with van der Waals surface area (Å²) in [5.74, 6) is -0.501. The monoisotopic (exact) mass is 249 g/mol. The molecule has 90 valence electrons. The SMILES string of the molecule is COCC(OS(C)(=O)=O)c1ccc(F)cn1. The Kier molecular flexibility index (Phi) is 4.34. The predicted molar refractivity (Wildman–Crippen MR) is 54.7 cm³/mol. The van der Waals surface area contributed by atoms with E-state index in [1.54, 1.807) is 0 Å². The smallest absolute Gasteiger partial charge is 0.265 e. The molecule has 0 saturated carbocycles. The quantitative estimate of drug-likeness (QED) is 0.725. The Morgan fingerprint density at radius 3 is 2.62 bits per heavy atom. The van der Waals surface area contributed by atoms with Crippen LogP contribution in [0.3, 0.4) is 0 Å². The topological polar surface area (TPSA) is 65.5 Å². The highest BCUT2D eigenvalue weighted by atomic mass is 32.2. The van der Waals surface area contributed by atoms with E-state index in [0.29, 0.717) is 5.69 Å². The van der Waals surface area contributed by atoms with Crippen LogP contribution in [0.1, 0.15) is 11.8 Å². The van der Waals surface area contributed by atoms with Crippen molar-refractivity contribution >= 4 is 10.1 Å². The molecule has 0 aliphatic carbocycles. The van der Waals surface area contributed by atoms with Crippen molar-refractivity contribution < 1.29 is 21.7 Å². The molecule has 0 aliphatic rings. The zero-order valence-electron chi connectivity index (χ0n) is 8.88. The van der Waals surface area contributed by atoms with E-state index in [9.17, 15) is 12.8 Å². The summed E-state index contributed by atoms with van der Waals surface area (Å²) in [5.41, 5.74) is 0.300. The molecule has 0 N–H and O–H groups in total. The number of rotatable bonds is 5. The fraction of sp³-hybridized carbons (Fsp3) is 0.444. The van der Waals surface area contributed by atoms with Crippen LogP contribution in [0, 0.1) is 5.82 Å². The van der Waals surface area contributed by atoms with E-state index in [0.717, 1.165) is 12.5 Å². The first kappa shape index (κ1) is 13.0. The van der Waals surface area contributed by atoms with Crippen LogP contribution in [0.2, 0.25) is 0 Å². The van der Waals surface area contributed by atoms with Crippen molar-refractivity contribution in [2.75, 3.05) is 20.0 Å². The minimum atomic E-state index is -3.62. The summed E-state index contributed by atoms with van der Waals surface area (Å²) >= 11 is 0. The molecule has 1 atom stereocenters. The zero-order valence-corrected chi connectivity index (χ0v) is 9.70. The third-order valence-electron chi connectivity index (χ3n) is 1.69. The molecular weight excluding hydrogens is 237 g/mol. The number of hydrogen-bond donors (Lipinski definition) is 0. The lowest BCUT2D eigenvalue weighted by molar-refractivity contribution is 0.0834. The molecule has 1 aromatic heterocycles. The highest BCUT2D eigenvalue weighted by molar-refractivity contribution is 7.86. The molecule has 1 heterocycles. The summed E-state index contributed by atoms with van der Waals surface area (Å²) in [6.45, 7) is 0.0195. The normalized spacial score (nSPS) is 13.7. The number of ether oxygens (including phenoxy) is 1. The maximum Gasteiger partial charge on any atom is 0.265 e. The van der Waals surface area contributed by atoms with Crippen molar-refractivity contribution in [3.8, 4) is 0 Å². The van der Waals surface area contributed by atoms with Gasteiger partial charge in [0.1, 0.15) is 11.9 Å². The van der Waals surface area contributed by atoms with Gasteiger partial charge in [-0.05, 0) is 12.1 Å². The van der Waals surface area contributed by atoms with Crippen LogP contribution in [0.4, 0.5) is 4.39 Å². The van der Waals surface area contributed by atoms with Gasteiger partial charge in [-0.15, -0.1) is 0 Å². The largest absolute Gasteiger partial charge is 0.382 e. The lowest BCUT2D eigenvalue weighted by atomic mass is 10.2. The summed E-state index contributed by atoms with van der Waals surface area (Å²) in [6.07, 6.45) is 1.06. The molecule has 0 fully saturated rings. The summed E-state index contributed by atoms with van der Waals surface area (Å²) in [4.78, 5) is 3.74. The first-order valence-electron chi connectivity index (χ1n) is 4.41. The van der Waals surface area contributed by atoms with Crippen molar-refractivity contribution in [2.24, 2.45) is 0 Å². The summed E-state index contributed by atoms with van der Waals surface area (Å²) in [5, 5.41) is 0. The van der Waals surface area contributed by atoms with Crippen molar-refractivity contribution in [1.82, 2.24) is 4.98 Å². The van der Waals surface area contributed by atoms with Crippen molar-refractivity contribution in [3.05, 3.63) is 29.8 Å². The zero-order chi connectivity index (χ0) is 12.2. The molecule has 7 heteroatoms. The number of halogens is 1. The van der Waals surface area contributed by atoms with Gasteiger partial charge in [0.15, 0.2) is 0 Å². The van der Waals surface area contributed by atoms with Gasteiger partial charge in [-0.3, -0.25) is 9.17 Å². The number of nitrogens with zero attached hydrogens (tertiary/aromatic N) is 1. The minimum Gasteiger partial charge on any atom is -0.382 e. The van der Waals surface area contributed by atoms with Gasteiger partial charge < -0.3 is 4.74 Å². The highest BCUT2D eigenvalue weighted by Crippen LogP contribution is 2.17. The van der Waals surface area contributed by atoms with Crippen LogP contribution < -0.4 is 0 Å². The van der Waals surface area contributed by atoms with Gasteiger partial charge in [-0.25, -0.2) is 4.39 Å². The number of pyridine rings is 1. The Hall–Kier alpha value is -1.05. The molecule has 0 radical (unpaired) electrons. The number of aromatic nitrogens is 1. The number of methoxy groups -OCH3 is 1. The van der Waals surface area contributed by atoms with Crippen LogP contribution in [0.5, 0.6) is 0 Å². The van der Waals surface area contributed by atoms with Gasteiger partial charge in [0.05, 0.1) is 24.8 Å². The fourth-order valence-corrected chi connectivity index (χ4v) is 1.68. The summed E-state index contributed by atoms with van der Waals surface area (Å²) < 4.78 is 44.2. The van der Waals surface area contributed by atoms with Gasteiger partial charge in [0, 0.05) is 7.11 Å². The van der Waals surface area contributed by atoms with Crippen LogP contribution >= 0.6 is 0 Å². The molecule has 0 aromatic carbocycles. The summed E-state index contributed by atoms with van der Waals surface area (Å²) in [7, 11) is -2.21. The molecule has 1 unspecified atom stereocenters. The second-order valence-electron chi connectivity index (χ2n) is 3.15. The van der Waals surface area contributed by atoms with E-state index in [4.69, 9.17) is 8.92 Å². The third kappa shape index (κ3) is 4.21. The van der Waals surface area contributed by atoms with E-state index >= 15 is 0 Å². The van der Waals surface area contributed by atoms with Gasteiger partial charge >= 0.3 is 0 Å². The molecule has 1 rings (SSSR count). The molecule has 0 amide bonds. The average molecular weight is 249 g/mol. The van der Waals surface area contributed by atoms with Gasteiger partial charge in [0.2, 0.25) is 0 Å².